The van der Waals surface area contributed by atoms with Gasteiger partial charge in [-0.1, -0.05) is 17.8 Å². The lowest BCUT2D eigenvalue weighted by Crippen LogP contribution is -2.54. The van der Waals surface area contributed by atoms with Crippen molar-refractivity contribution >= 4 is 11.8 Å². The summed E-state index contributed by atoms with van der Waals surface area (Å²) >= 11 is 1.64. The summed E-state index contributed by atoms with van der Waals surface area (Å²) in [5.74, 6) is 0.748. The minimum Gasteiger partial charge on any atom is -0.306 e. The van der Waals surface area contributed by atoms with Crippen molar-refractivity contribution in [3.05, 3.63) is 51.8 Å². The molecule has 6 nitrogen and oxygen atoms in total. The largest absolute Gasteiger partial charge is 0.367 e. The molecule has 4 rings (SSSR count). The highest BCUT2D eigenvalue weighted by Crippen LogP contribution is 2.30. The minimum atomic E-state index is -0.126. The Morgan fingerprint density at radius 1 is 1.12 bits per heavy atom. The molecule has 3 heterocycles. The number of hydrogen-bond donors (Lipinski definition) is 0. The van der Waals surface area contributed by atoms with Gasteiger partial charge in [0, 0.05) is 43.7 Å². The van der Waals surface area contributed by atoms with Crippen LogP contribution in [0.1, 0.15) is 29.8 Å². The van der Waals surface area contributed by atoms with Gasteiger partial charge in [-0.3, -0.25) is 4.98 Å². The van der Waals surface area contributed by atoms with E-state index in [0.29, 0.717) is 0 Å². The molecule has 26 heavy (non-hydrogen) atoms. The van der Waals surface area contributed by atoms with E-state index in [1.54, 1.807) is 11.8 Å². The lowest BCUT2D eigenvalue weighted by Gasteiger charge is -2.37. The predicted octanol–water partition coefficient (Wildman–Crippen LogP) is 1.69. The number of fused-ring (bicyclic) bond motifs is 1. The number of thioether (sulfide) groups is 1. The van der Waals surface area contributed by atoms with E-state index in [4.69, 9.17) is 0 Å². The fourth-order valence-electron chi connectivity index (χ4n) is 3.70. The molecule has 1 aliphatic carbocycles. The molecule has 0 atom stereocenters. The van der Waals surface area contributed by atoms with Gasteiger partial charge in [0.1, 0.15) is 5.03 Å². The molecule has 0 N–H and O–H groups in total. The van der Waals surface area contributed by atoms with E-state index in [1.807, 2.05) is 29.1 Å². The van der Waals surface area contributed by atoms with E-state index < -0.39 is 0 Å². The molecule has 0 spiro atoms. The second kappa shape index (κ2) is 7.80. The second-order valence-corrected chi connectivity index (χ2v) is 7.97. The van der Waals surface area contributed by atoms with Crippen LogP contribution in [0.3, 0.4) is 0 Å². The first-order chi connectivity index (χ1) is 12.7. The Morgan fingerprint density at radius 3 is 2.69 bits per heavy atom. The van der Waals surface area contributed by atoms with Crippen molar-refractivity contribution in [3.63, 3.8) is 0 Å². The van der Waals surface area contributed by atoms with Crippen molar-refractivity contribution in [2.24, 2.45) is 0 Å². The molecular weight excluding hydrogens is 346 g/mol. The summed E-state index contributed by atoms with van der Waals surface area (Å²) in [6, 6.07) is 5.94. The monoisotopic (exact) mass is 371 g/mol. The zero-order valence-corrected chi connectivity index (χ0v) is 16.0. The van der Waals surface area contributed by atoms with Crippen LogP contribution in [-0.4, -0.2) is 52.8 Å². The zero-order chi connectivity index (χ0) is 17.9. The molecule has 0 radical (unpaired) electrons. The van der Waals surface area contributed by atoms with Crippen LogP contribution >= 0.6 is 11.8 Å². The molecule has 0 aromatic carbocycles. The Bertz CT molecular complexity index is 815. The van der Waals surface area contributed by atoms with E-state index in [-0.39, 0.29) is 5.69 Å². The van der Waals surface area contributed by atoms with E-state index in [1.165, 1.54) is 17.7 Å². The molecule has 138 valence electrons. The highest BCUT2D eigenvalue weighted by molar-refractivity contribution is 7.98. The van der Waals surface area contributed by atoms with Crippen molar-refractivity contribution in [1.82, 2.24) is 19.5 Å². The molecule has 0 bridgehead atoms. The smallest absolute Gasteiger partial charge is 0.306 e. The van der Waals surface area contributed by atoms with Gasteiger partial charge in [-0.05, 0) is 44.9 Å². The van der Waals surface area contributed by atoms with Gasteiger partial charge >= 0.3 is 5.69 Å². The molecule has 1 fully saturated rings. The van der Waals surface area contributed by atoms with Gasteiger partial charge in [0.15, 0.2) is 0 Å². The summed E-state index contributed by atoms with van der Waals surface area (Å²) < 4.78 is 1.88. The average Bonchev–Trinajstić information content (AvgIpc) is 2.68. The molecular formula is C19H25N5OS. The molecule has 7 heteroatoms. The molecule has 0 unspecified atom stereocenters. The van der Waals surface area contributed by atoms with E-state index in [9.17, 15) is 4.79 Å². The van der Waals surface area contributed by atoms with Gasteiger partial charge in [0.2, 0.25) is 0 Å². The van der Waals surface area contributed by atoms with Crippen molar-refractivity contribution in [2.45, 2.75) is 36.5 Å². The standard InChI is InChI=1S/C19H25N5OS/c1-22-10-12-23(13-11-22)24-17-8-3-2-7-16(17)18(21-19(24)25)26-14-15-6-4-5-9-20-15/h4-6,9H,2-3,7-8,10-14H2,1H3. The quantitative estimate of drug-likeness (QED) is 0.602. The molecule has 2 aromatic heterocycles. The highest BCUT2D eigenvalue weighted by Gasteiger charge is 2.25. The summed E-state index contributed by atoms with van der Waals surface area (Å²) in [5.41, 5.74) is 3.35. The van der Waals surface area contributed by atoms with Crippen LogP contribution in [0.4, 0.5) is 0 Å². The SMILES string of the molecule is CN1CCN(n2c3c(c(SCc4ccccn4)nc2=O)CCCC3)CC1. The first-order valence-electron chi connectivity index (χ1n) is 9.33. The maximum Gasteiger partial charge on any atom is 0.367 e. The van der Waals surface area contributed by atoms with Crippen LogP contribution in [0, 0.1) is 0 Å². The van der Waals surface area contributed by atoms with Crippen LogP contribution in [0.5, 0.6) is 0 Å². The van der Waals surface area contributed by atoms with E-state index >= 15 is 0 Å². The fraction of sp³-hybridized carbons (Fsp3) is 0.526. The van der Waals surface area contributed by atoms with Crippen molar-refractivity contribution < 1.29 is 0 Å². The predicted molar refractivity (Wildman–Crippen MR) is 104 cm³/mol. The van der Waals surface area contributed by atoms with Gasteiger partial charge in [-0.25, -0.2) is 9.47 Å². The Labute approximate surface area is 158 Å². The van der Waals surface area contributed by atoms with Crippen LogP contribution in [0.2, 0.25) is 0 Å². The summed E-state index contributed by atoms with van der Waals surface area (Å²) in [7, 11) is 2.13. The number of hydrogen-bond acceptors (Lipinski definition) is 6. The topological polar surface area (TPSA) is 54.3 Å². The third-order valence-electron chi connectivity index (χ3n) is 5.18. The second-order valence-electron chi connectivity index (χ2n) is 7.01. The summed E-state index contributed by atoms with van der Waals surface area (Å²) in [6.07, 6.45) is 6.11. The molecule has 1 saturated heterocycles. The van der Waals surface area contributed by atoms with Gasteiger partial charge in [-0.2, -0.15) is 4.98 Å². The number of aromatic nitrogens is 3. The molecule has 2 aromatic rings. The Balaban J connectivity index is 1.64. The van der Waals surface area contributed by atoms with Crippen molar-refractivity contribution in [3.8, 4) is 0 Å². The highest BCUT2D eigenvalue weighted by atomic mass is 32.2. The van der Waals surface area contributed by atoms with Crippen LogP contribution in [-0.2, 0) is 18.6 Å². The minimum absolute atomic E-state index is 0.126. The maximum absolute atomic E-state index is 12.9. The Kier molecular flexibility index (Phi) is 5.26. The maximum atomic E-state index is 12.9. The lowest BCUT2D eigenvalue weighted by atomic mass is 9.97. The number of rotatable bonds is 4. The molecule has 0 amide bonds. The Morgan fingerprint density at radius 2 is 1.92 bits per heavy atom. The molecule has 1 aliphatic heterocycles. The summed E-state index contributed by atoms with van der Waals surface area (Å²) in [6.45, 7) is 3.73. The summed E-state index contributed by atoms with van der Waals surface area (Å²) in [5, 5.41) is 3.09. The van der Waals surface area contributed by atoms with Gasteiger partial charge < -0.3 is 9.91 Å². The van der Waals surface area contributed by atoms with Crippen LogP contribution in [0.25, 0.3) is 0 Å². The van der Waals surface area contributed by atoms with E-state index in [2.05, 4.69) is 26.9 Å². The normalized spacial score (nSPS) is 18.0. The number of pyridine rings is 1. The van der Waals surface area contributed by atoms with E-state index in [0.717, 1.165) is 61.9 Å². The summed E-state index contributed by atoms with van der Waals surface area (Å²) in [4.78, 5) is 24.0. The average molecular weight is 372 g/mol. The number of likely N-dealkylation sites (N-methyl/N-ethyl adjacent to an activating group) is 1. The molecule has 0 saturated carbocycles. The van der Waals surface area contributed by atoms with Crippen LogP contribution < -0.4 is 10.7 Å². The van der Waals surface area contributed by atoms with Crippen molar-refractivity contribution in [1.29, 1.82) is 0 Å². The fourth-order valence-corrected chi connectivity index (χ4v) is 4.70. The van der Waals surface area contributed by atoms with Crippen LogP contribution in [0.15, 0.2) is 34.2 Å². The van der Waals surface area contributed by atoms with Crippen molar-refractivity contribution in [2.75, 3.05) is 38.2 Å². The number of nitrogens with zero attached hydrogens (tertiary/aromatic N) is 5. The number of piperazine rings is 1. The Hall–Kier alpha value is -1.86. The van der Waals surface area contributed by atoms with Gasteiger partial charge in [0.05, 0.1) is 11.4 Å². The first-order valence-corrected chi connectivity index (χ1v) is 10.3. The third kappa shape index (κ3) is 3.64. The zero-order valence-electron chi connectivity index (χ0n) is 15.2. The first kappa shape index (κ1) is 17.5. The van der Waals surface area contributed by atoms with Gasteiger partial charge in [-0.15, -0.1) is 0 Å². The van der Waals surface area contributed by atoms with Gasteiger partial charge in [0.25, 0.3) is 0 Å². The lowest BCUT2D eigenvalue weighted by molar-refractivity contribution is 0.281. The molecule has 2 aliphatic rings. The third-order valence-corrected chi connectivity index (χ3v) is 6.23.